The van der Waals surface area contributed by atoms with Crippen LogP contribution in [0.1, 0.15) is 37.8 Å². The van der Waals surface area contributed by atoms with Crippen molar-refractivity contribution in [1.82, 2.24) is 9.88 Å². The molecule has 0 spiro atoms. The first-order valence-electron chi connectivity index (χ1n) is 5.75. The molecule has 0 aliphatic carbocycles. The van der Waals surface area contributed by atoms with E-state index >= 15 is 0 Å². The van der Waals surface area contributed by atoms with Gasteiger partial charge in [-0.25, -0.2) is 0 Å². The maximum absolute atomic E-state index is 12.1. The largest absolute Gasteiger partial charge is 0.315 e. The number of nitrogens with one attached hydrogen (secondary N) is 1. The van der Waals surface area contributed by atoms with Crippen LogP contribution < -0.4 is 10.9 Å². The zero-order valence-electron chi connectivity index (χ0n) is 9.20. The molecule has 1 aliphatic heterocycles. The molecule has 0 bridgehead atoms. The Kier molecular flexibility index (Phi) is 3.21. The molecule has 2 rings (SSSR count). The van der Waals surface area contributed by atoms with Crippen LogP contribution in [0.15, 0.2) is 23.1 Å². The monoisotopic (exact) mass is 206 g/mol. The molecule has 1 N–H and O–H groups in total. The molecular formula is C12H18N2O. The topological polar surface area (TPSA) is 34.0 Å². The predicted molar refractivity (Wildman–Crippen MR) is 61.0 cm³/mol. The second kappa shape index (κ2) is 4.62. The Hall–Kier alpha value is -1.09. The third-order valence-corrected chi connectivity index (χ3v) is 2.95. The third kappa shape index (κ3) is 2.12. The van der Waals surface area contributed by atoms with Gasteiger partial charge in [0.25, 0.3) is 5.56 Å². The zero-order valence-corrected chi connectivity index (χ0v) is 9.20. The second-order valence-corrected chi connectivity index (χ2v) is 4.11. The number of pyridine rings is 1. The highest BCUT2D eigenvalue weighted by Gasteiger charge is 2.19. The van der Waals surface area contributed by atoms with Crippen LogP contribution in [-0.2, 0) is 6.54 Å². The Morgan fingerprint density at radius 3 is 3.13 bits per heavy atom. The molecule has 3 heteroatoms. The maximum atomic E-state index is 12.1. The van der Waals surface area contributed by atoms with Gasteiger partial charge in [0, 0.05) is 24.3 Å². The van der Waals surface area contributed by atoms with Gasteiger partial charge in [-0.05, 0) is 31.9 Å². The van der Waals surface area contributed by atoms with E-state index in [0.29, 0.717) is 0 Å². The lowest BCUT2D eigenvalue weighted by Gasteiger charge is -2.12. The quantitative estimate of drug-likeness (QED) is 0.816. The van der Waals surface area contributed by atoms with Crippen LogP contribution in [0.3, 0.4) is 0 Å². The minimum absolute atomic E-state index is 0.179. The second-order valence-electron chi connectivity index (χ2n) is 4.11. The van der Waals surface area contributed by atoms with Gasteiger partial charge in [0.05, 0.1) is 0 Å². The van der Waals surface area contributed by atoms with Gasteiger partial charge in [0.1, 0.15) is 0 Å². The molecule has 1 aromatic heterocycles. The molecule has 0 aromatic carbocycles. The van der Waals surface area contributed by atoms with E-state index in [1.807, 2.05) is 22.9 Å². The van der Waals surface area contributed by atoms with Crippen LogP contribution in [0.5, 0.6) is 0 Å². The fourth-order valence-corrected chi connectivity index (χ4v) is 2.19. The third-order valence-electron chi connectivity index (χ3n) is 2.95. The Bertz CT molecular complexity index is 377. The molecule has 0 unspecified atom stereocenters. The van der Waals surface area contributed by atoms with Gasteiger partial charge < -0.3 is 9.88 Å². The van der Waals surface area contributed by atoms with E-state index < -0.39 is 0 Å². The van der Waals surface area contributed by atoms with E-state index in [1.165, 1.54) is 6.42 Å². The average molecular weight is 206 g/mol. The van der Waals surface area contributed by atoms with Crippen molar-refractivity contribution in [3.63, 3.8) is 0 Å². The summed E-state index contributed by atoms with van der Waals surface area (Å²) in [6.07, 6.45) is 5.14. The van der Waals surface area contributed by atoms with Crippen molar-refractivity contribution in [2.24, 2.45) is 0 Å². The smallest absolute Gasteiger partial charge is 0.255 e. The zero-order chi connectivity index (χ0) is 10.7. The molecule has 3 nitrogen and oxygen atoms in total. The molecule has 0 amide bonds. The van der Waals surface area contributed by atoms with Crippen LogP contribution in [0, 0.1) is 0 Å². The molecule has 1 atom stereocenters. The minimum atomic E-state index is 0.179. The van der Waals surface area contributed by atoms with Crippen molar-refractivity contribution in [2.45, 2.75) is 38.8 Å². The molecule has 15 heavy (non-hydrogen) atoms. The van der Waals surface area contributed by atoms with Crippen LogP contribution >= 0.6 is 0 Å². The molecule has 1 saturated heterocycles. The molecule has 82 valence electrons. The van der Waals surface area contributed by atoms with Crippen LogP contribution in [-0.4, -0.2) is 11.1 Å². The Labute approximate surface area is 90.1 Å². The highest BCUT2D eigenvalue weighted by atomic mass is 16.1. The number of aryl methyl sites for hydroxylation is 1. The summed E-state index contributed by atoms with van der Waals surface area (Å²) in [7, 11) is 0. The molecule has 1 fully saturated rings. The summed E-state index contributed by atoms with van der Waals surface area (Å²) in [5.74, 6) is 0. The first-order valence-corrected chi connectivity index (χ1v) is 5.75. The lowest BCUT2D eigenvalue weighted by Crippen LogP contribution is -2.27. The summed E-state index contributed by atoms with van der Waals surface area (Å²) in [5.41, 5.74) is 1.11. The van der Waals surface area contributed by atoms with E-state index in [4.69, 9.17) is 0 Å². The Balaban J connectivity index is 2.30. The number of nitrogens with zero attached hydrogens (tertiary/aromatic N) is 1. The summed E-state index contributed by atoms with van der Waals surface area (Å²) in [6.45, 7) is 3.94. The van der Waals surface area contributed by atoms with Crippen LogP contribution in [0.2, 0.25) is 0 Å². The van der Waals surface area contributed by atoms with Gasteiger partial charge in [-0.3, -0.25) is 4.79 Å². The van der Waals surface area contributed by atoms with E-state index in [-0.39, 0.29) is 11.6 Å². The normalized spacial score (nSPS) is 20.7. The van der Waals surface area contributed by atoms with Gasteiger partial charge in [-0.15, -0.1) is 0 Å². The Morgan fingerprint density at radius 2 is 2.47 bits per heavy atom. The molecular weight excluding hydrogens is 188 g/mol. The van der Waals surface area contributed by atoms with Crippen molar-refractivity contribution >= 4 is 0 Å². The Morgan fingerprint density at radius 1 is 1.60 bits per heavy atom. The van der Waals surface area contributed by atoms with E-state index in [2.05, 4.69) is 12.2 Å². The number of rotatable bonds is 3. The molecule has 0 radical (unpaired) electrons. The standard InChI is InChI=1S/C12H18N2O/c1-2-8-14-9-4-5-10(12(14)15)11-6-3-7-13-11/h4-5,9,11,13H,2-3,6-8H2,1H3/t11-/m1/s1. The van der Waals surface area contributed by atoms with Crippen molar-refractivity contribution in [1.29, 1.82) is 0 Å². The molecule has 2 heterocycles. The van der Waals surface area contributed by atoms with Gasteiger partial charge in [0.2, 0.25) is 0 Å². The van der Waals surface area contributed by atoms with Crippen LogP contribution in [0.4, 0.5) is 0 Å². The summed E-state index contributed by atoms with van der Waals surface area (Å²) < 4.78 is 1.81. The van der Waals surface area contributed by atoms with Crippen molar-refractivity contribution in [3.05, 3.63) is 34.2 Å². The van der Waals surface area contributed by atoms with Gasteiger partial charge in [-0.2, -0.15) is 0 Å². The predicted octanol–water partition coefficient (Wildman–Crippen LogP) is 1.68. The summed E-state index contributed by atoms with van der Waals surface area (Å²) >= 11 is 0. The highest BCUT2D eigenvalue weighted by Crippen LogP contribution is 2.19. The lowest BCUT2D eigenvalue weighted by molar-refractivity contribution is 0.600. The number of hydrogen-bond acceptors (Lipinski definition) is 2. The van der Waals surface area contributed by atoms with E-state index in [1.54, 1.807) is 0 Å². The highest BCUT2D eigenvalue weighted by molar-refractivity contribution is 5.16. The first kappa shape index (κ1) is 10.4. The van der Waals surface area contributed by atoms with Crippen LogP contribution in [0.25, 0.3) is 0 Å². The summed E-state index contributed by atoms with van der Waals surface area (Å²) in [4.78, 5) is 12.1. The molecule has 1 aliphatic rings. The summed E-state index contributed by atoms with van der Waals surface area (Å²) in [6, 6.07) is 4.21. The molecule has 1 aromatic rings. The summed E-state index contributed by atoms with van der Waals surface area (Å²) in [5, 5.41) is 3.37. The van der Waals surface area contributed by atoms with Gasteiger partial charge >= 0.3 is 0 Å². The lowest BCUT2D eigenvalue weighted by atomic mass is 10.1. The SMILES string of the molecule is CCCn1cccc([C@H]2CCCN2)c1=O. The van der Waals surface area contributed by atoms with Crippen molar-refractivity contribution in [2.75, 3.05) is 6.54 Å². The first-order chi connectivity index (χ1) is 7.33. The average Bonchev–Trinajstić information content (AvgIpc) is 2.74. The van der Waals surface area contributed by atoms with E-state index in [9.17, 15) is 4.79 Å². The molecule has 0 saturated carbocycles. The van der Waals surface area contributed by atoms with Crippen molar-refractivity contribution < 1.29 is 0 Å². The van der Waals surface area contributed by atoms with Gasteiger partial charge in [-0.1, -0.05) is 13.0 Å². The van der Waals surface area contributed by atoms with E-state index in [0.717, 1.165) is 31.5 Å². The number of aromatic nitrogens is 1. The fourth-order valence-electron chi connectivity index (χ4n) is 2.19. The minimum Gasteiger partial charge on any atom is -0.315 e. The fraction of sp³-hybridized carbons (Fsp3) is 0.583. The number of hydrogen-bond donors (Lipinski definition) is 1. The van der Waals surface area contributed by atoms with Gasteiger partial charge in [0.15, 0.2) is 0 Å². The van der Waals surface area contributed by atoms with Crippen molar-refractivity contribution in [3.8, 4) is 0 Å². The maximum Gasteiger partial charge on any atom is 0.255 e.